The van der Waals surface area contributed by atoms with Gasteiger partial charge in [-0.05, 0) is 26.0 Å². The van der Waals surface area contributed by atoms with Gasteiger partial charge in [0.1, 0.15) is 0 Å². The largest absolute Gasteiger partial charge is 0.481 e. The summed E-state index contributed by atoms with van der Waals surface area (Å²) in [6, 6.07) is 6.97. The molecule has 1 atom stereocenters. The van der Waals surface area contributed by atoms with Crippen molar-refractivity contribution in [1.29, 1.82) is 0 Å². The lowest BCUT2D eigenvalue weighted by Crippen LogP contribution is -2.30. The van der Waals surface area contributed by atoms with Gasteiger partial charge in [-0.3, -0.25) is 14.4 Å². The van der Waals surface area contributed by atoms with Crippen LogP contribution in [0.5, 0.6) is 0 Å². The second-order valence-electron chi connectivity index (χ2n) is 4.95. The molecule has 2 rings (SSSR count). The fourth-order valence-corrected chi connectivity index (χ4v) is 2.36. The molecule has 22 heavy (non-hydrogen) atoms. The molecule has 0 aliphatic rings. The molecule has 0 saturated heterocycles. The van der Waals surface area contributed by atoms with Crippen LogP contribution in [0.15, 0.2) is 29.1 Å². The average Bonchev–Trinajstić information content (AvgIpc) is 2.47. The summed E-state index contributed by atoms with van der Waals surface area (Å²) in [6.45, 7) is 3.38. The summed E-state index contributed by atoms with van der Waals surface area (Å²) in [5.74, 6) is -3.52. The number of fused-ring (bicyclic) bond motifs is 1. The second kappa shape index (κ2) is 6.43. The van der Waals surface area contributed by atoms with Gasteiger partial charge >= 0.3 is 11.9 Å². The average molecular weight is 303 g/mol. The van der Waals surface area contributed by atoms with Crippen molar-refractivity contribution in [1.82, 2.24) is 4.98 Å². The van der Waals surface area contributed by atoms with E-state index < -0.39 is 17.9 Å². The summed E-state index contributed by atoms with van der Waals surface area (Å²) in [7, 11) is 0. The van der Waals surface area contributed by atoms with Gasteiger partial charge < -0.3 is 14.8 Å². The molecule has 2 N–H and O–H groups in total. The van der Waals surface area contributed by atoms with Gasteiger partial charge in [0, 0.05) is 28.6 Å². The Labute approximate surface area is 126 Å². The third-order valence-corrected chi connectivity index (χ3v) is 3.50. The summed E-state index contributed by atoms with van der Waals surface area (Å²) in [5, 5.41) is 9.68. The van der Waals surface area contributed by atoms with Crippen LogP contribution in [0.3, 0.4) is 0 Å². The van der Waals surface area contributed by atoms with E-state index in [4.69, 9.17) is 4.74 Å². The Morgan fingerprint density at radius 2 is 2.00 bits per heavy atom. The first kappa shape index (κ1) is 15.8. The molecule has 6 heteroatoms. The van der Waals surface area contributed by atoms with Gasteiger partial charge in [-0.25, -0.2) is 0 Å². The number of carboxylic acid groups (broad SMARTS) is 1. The fraction of sp³-hybridized carbons (Fsp3) is 0.312. The Morgan fingerprint density at radius 1 is 1.32 bits per heavy atom. The molecule has 0 fully saturated rings. The number of para-hydroxylation sites is 1. The zero-order valence-electron chi connectivity index (χ0n) is 12.4. The van der Waals surface area contributed by atoms with Crippen LogP contribution >= 0.6 is 0 Å². The van der Waals surface area contributed by atoms with Gasteiger partial charge in [0.15, 0.2) is 11.3 Å². The summed E-state index contributed by atoms with van der Waals surface area (Å²) in [6.07, 6.45) is -0.194. The van der Waals surface area contributed by atoms with Crippen molar-refractivity contribution in [3.8, 4) is 0 Å². The number of aromatic amines is 1. The number of pyridine rings is 1. The maximum Gasteiger partial charge on any atom is 0.320 e. The molecule has 0 amide bonds. The van der Waals surface area contributed by atoms with Crippen LogP contribution in [0.1, 0.15) is 18.2 Å². The van der Waals surface area contributed by atoms with Crippen molar-refractivity contribution >= 4 is 22.8 Å². The minimum Gasteiger partial charge on any atom is -0.481 e. The number of hydrogen-bond donors (Lipinski definition) is 2. The minimum absolute atomic E-state index is 0.0929. The van der Waals surface area contributed by atoms with E-state index in [1.54, 1.807) is 38.1 Å². The van der Waals surface area contributed by atoms with E-state index >= 15 is 0 Å². The number of ether oxygens (including phenoxy) is 1. The van der Waals surface area contributed by atoms with Crippen molar-refractivity contribution in [2.24, 2.45) is 5.92 Å². The lowest BCUT2D eigenvalue weighted by Gasteiger charge is -2.13. The third-order valence-electron chi connectivity index (χ3n) is 3.50. The summed E-state index contributed by atoms with van der Waals surface area (Å²) >= 11 is 0. The Morgan fingerprint density at radius 3 is 2.64 bits per heavy atom. The van der Waals surface area contributed by atoms with Gasteiger partial charge in [-0.15, -0.1) is 0 Å². The van der Waals surface area contributed by atoms with Crippen molar-refractivity contribution in [2.75, 3.05) is 6.61 Å². The Balaban J connectivity index is 2.48. The van der Waals surface area contributed by atoms with E-state index in [-0.39, 0.29) is 18.5 Å². The molecule has 1 aromatic carbocycles. The standard InChI is InChI=1S/C16H17NO5/c1-3-22-16(21)12(15(19)20)8-11-9(2)17-13-7-5-4-6-10(13)14(11)18/h4-7,12H,3,8H2,1-2H3,(H,17,18)(H,19,20). The van der Waals surface area contributed by atoms with Gasteiger partial charge in [-0.1, -0.05) is 12.1 Å². The molecule has 0 aliphatic carbocycles. The number of aliphatic carboxylic acids is 1. The summed E-state index contributed by atoms with van der Waals surface area (Å²) < 4.78 is 4.77. The highest BCUT2D eigenvalue weighted by Gasteiger charge is 2.29. The van der Waals surface area contributed by atoms with Crippen molar-refractivity contribution in [2.45, 2.75) is 20.3 Å². The molecular formula is C16H17NO5. The van der Waals surface area contributed by atoms with Crippen LogP contribution in [0.2, 0.25) is 0 Å². The summed E-state index contributed by atoms with van der Waals surface area (Å²) in [4.78, 5) is 38.6. The predicted octanol–water partition coefficient (Wildman–Crippen LogP) is 1.64. The van der Waals surface area contributed by atoms with Crippen LogP contribution in [0.25, 0.3) is 10.9 Å². The molecule has 1 aromatic heterocycles. The second-order valence-corrected chi connectivity index (χ2v) is 4.95. The highest BCUT2D eigenvalue weighted by atomic mass is 16.5. The number of aromatic nitrogens is 1. The monoisotopic (exact) mass is 303 g/mol. The highest BCUT2D eigenvalue weighted by Crippen LogP contribution is 2.15. The van der Waals surface area contributed by atoms with Crippen LogP contribution in [0.4, 0.5) is 0 Å². The molecular weight excluding hydrogens is 286 g/mol. The van der Waals surface area contributed by atoms with E-state index in [0.29, 0.717) is 22.2 Å². The van der Waals surface area contributed by atoms with E-state index in [1.165, 1.54) is 0 Å². The molecule has 0 aliphatic heterocycles. The number of carbonyl (C=O) groups excluding carboxylic acids is 1. The van der Waals surface area contributed by atoms with Crippen molar-refractivity contribution in [3.63, 3.8) is 0 Å². The molecule has 0 bridgehead atoms. The number of carbonyl (C=O) groups is 2. The Kier molecular flexibility index (Phi) is 4.60. The molecule has 0 spiro atoms. The molecule has 1 heterocycles. The highest BCUT2D eigenvalue weighted by molar-refractivity contribution is 5.94. The maximum atomic E-state index is 12.5. The predicted molar refractivity (Wildman–Crippen MR) is 80.8 cm³/mol. The van der Waals surface area contributed by atoms with Gasteiger partial charge in [0.2, 0.25) is 0 Å². The first-order valence-electron chi connectivity index (χ1n) is 6.95. The zero-order valence-corrected chi connectivity index (χ0v) is 12.4. The Bertz CT molecular complexity index is 778. The minimum atomic E-state index is -1.39. The van der Waals surface area contributed by atoms with Gasteiger partial charge in [0.25, 0.3) is 0 Å². The number of rotatable bonds is 5. The van der Waals surface area contributed by atoms with E-state index in [1.807, 2.05) is 0 Å². The van der Waals surface area contributed by atoms with E-state index in [0.717, 1.165) is 0 Å². The number of esters is 1. The molecule has 6 nitrogen and oxygen atoms in total. The third kappa shape index (κ3) is 3.00. The maximum absolute atomic E-state index is 12.5. The quantitative estimate of drug-likeness (QED) is 0.646. The van der Waals surface area contributed by atoms with E-state index in [2.05, 4.69) is 4.98 Å². The van der Waals surface area contributed by atoms with Gasteiger partial charge in [0.05, 0.1) is 6.61 Å². The lowest BCUT2D eigenvalue weighted by atomic mass is 9.96. The molecule has 0 saturated carbocycles. The molecule has 116 valence electrons. The lowest BCUT2D eigenvalue weighted by molar-refractivity contribution is -0.158. The Hall–Kier alpha value is -2.63. The zero-order chi connectivity index (χ0) is 16.3. The fourth-order valence-electron chi connectivity index (χ4n) is 2.36. The smallest absolute Gasteiger partial charge is 0.320 e. The van der Waals surface area contributed by atoms with Crippen LogP contribution in [0, 0.1) is 12.8 Å². The number of nitrogens with one attached hydrogen (secondary N) is 1. The number of H-pyrrole nitrogens is 1. The van der Waals surface area contributed by atoms with Gasteiger partial charge in [-0.2, -0.15) is 0 Å². The molecule has 2 aromatic rings. The number of carboxylic acids is 1. The normalized spacial score (nSPS) is 12.1. The number of benzene rings is 1. The van der Waals surface area contributed by atoms with Crippen molar-refractivity contribution in [3.05, 3.63) is 45.7 Å². The van der Waals surface area contributed by atoms with Crippen LogP contribution in [-0.4, -0.2) is 28.6 Å². The number of aryl methyl sites for hydroxylation is 1. The number of hydrogen-bond acceptors (Lipinski definition) is 4. The van der Waals surface area contributed by atoms with Crippen LogP contribution in [-0.2, 0) is 20.7 Å². The first-order valence-corrected chi connectivity index (χ1v) is 6.95. The van der Waals surface area contributed by atoms with E-state index in [9.17, 15) is 19.5 Å². The topological polar surface area (TPSA) is 96.5 Å². The first-order chi connectivity index (χ1) is 10.5. The molecule has 0 radical (unpaired) electrons. The van der Waals surface area contributed by atoms with Crippen LogP contribution < -0.4 is 5.43 Å². The van der Waals surface area contributed by atoms with Crippen molar-refractivity contribution < 1.29 is 19.4 Å². The molecule has 1 unspecified atom stereocenters. The summed E-state index contributed by atoms with van der Waals surface area (Å²) in [5.41, 5.74) is 1.26. The SMILES string of the molecule is CCOC(=O)C(Cc1c(C)[nH]c2ccccc2c1=O)C(=O)O.